The summed E-state index contributed by atoms with van der Waals surface area (Å²) in [6, 6.07) is 8.70. The molecule has 1 saturated heterocycles. The number of piperidine rings is 1. The fourth-order valence-corrected chi connectivity index (χ4v) is 1.63. The number of imide groups is 1. The van der Waals surface area contributed by atoms with Crippen molar-refractivity contribution in [2.75, 3.05) is 0 Å². The van der Waals surface area contributed by atoms with E-state index in [2.05, 4.69) is 0 Å². The van der Waals surface area contributed by atoms with Crippen molar-refractivity contribution < 1.29 is 14.4 Å². The van der Waals surface area contributed by atoms with E-state index in [9.17, 15) is 9.59 Å². The van der Waals surface area contributed by atoms with Crippen LogP contribution in [0.5, 0.6) is 0 Å². The molecule has 1 aliphatic rings. The molecule has 2 amide bonds. The molecule has 0 aromatic heterocycles. The third kappa shape index (κ3) is 2.69. The van der Waals surface area contributed by atoms with Gasteiger partial charge in [-0.2, -0.15) is 5.06 Å². The minimum Gasteiger partial charge on any atom is -0.320 e. The summed E-state index contributed by atoms with van der Waals surface area (Å²) >= 11 is 0. The van der Waals surface area contributed by atoms with Gasteiger partial charge in [0.2, 0.25) is 0 Å². The molecule has 0 saturated carbocycles. The molecule has 5 heteroatoms. The molecule has 5 nitrogen and oxygen atoms in total. The van der Waals surface area contributed by atoms with Crippen LogP contribution < -0.4 is 5.73 Å². The Morgan fingerprint density at radius 2 is 2.00 bits per heavy atom. The van der Waals surface area contributed by atoms with E-state index in [1.807, 2.05) is 30.3 Å². The maximum Gasteiger partial charge on any atom is 0.270 e. The van der Waals surface area contributed by atoms with Crippen LogP contribution in [0.4, 0.5) is 0 Å². The molecule has 0 radical (unpaired) electrons. The topological polar surface area (TPSA) is 72.6 Å². The van der Waals surface area contributed by atoms with Crippen LogP contribution in [-0.2, 0) is 21.0 Å². The van der Waals surface area contributed by atoms with Crippen molar-refractivity contribution in [2.45, 2.75) is 25.5 Å². The van der Waals surface area contributed by atoms with E-state index in [1.54, 1.807) is 0 Å². The van der Waals surface area contributed by atoms with Crippen LogP contribution in [-0.4, -0.2) is 22.9 Å². The smallest absolute Gasteiger partial charge is 0.270 e. The highest BCUT2D eigenvalue weighted by Gasteiger charge is 2.33. The molecule has 1 fully saturated rings. The number of amides is 2. The van der Waals surface area contributed by atoms with Gasteiger partial charge in [-0.05, 0) is 12.0 Å². The first kappa shape index (κ1) is 11.8. The predicted molar refractivity (Wildman–Crippen MR) is 60.3 cm³/mol. The molecule has 1 heterocycles. The number of nitrogens with zero attached hydrogens (tertiary/aromatic N) is 1. The van der Waals surface area contributed by atoms with Crippen molar-refractivity contribution in [2.24, 2.45) is 5.73 Å². The van der Waals surface area contributed by atoms with Crippen molar-refractivity contribution in [1.82, 2.24) is 5.06 Å². The summed E-state index contributed by atoms with van der Waals surface area (Å²) in [7, 11) is 0. The average Bonchev–Trinajstić information content (AvgIpc) is 2.35. The number of carbonyl (C=O) groups excluding carboxylic acids is 2. The second kappa shape index (κ2) is 5.07. The molecule has 1 aliphatic heterocycles. The minimum atomic E-state index is -0.636. The van der Waals surface area contributed by atoms with Crippen LogP contribution in [0.3, 0.4) is 0 Å². The van der Waals surface area contributed by atoms with E-state index in [1.165, 1.54) is 0 Å². The van der Waals surface area contributed by atoms with Gasteiger partial charge in [0, 0.05) is 6.42 Å². The van der Waals surface area contributed by atoms with Gasteiger partial charge in [-0.25, -0.2) is 0 Å². The van der Waals surface area contributed by atoms with Gasteiger partial charge in [-0.15, -0.1) is 0 Å². The lowest BCUT2D eigenvalue weighted by molar-refractivity contribution is -0.203. The van der Waals surface area contributed by atoms with Crippen molar-refractivity contribution in [3.05, 3.63) is 35.9 Å². The molecular formula is C12H14N2O3. The molecule has 1 aromatic rings. The monoisotopic (exact) mass is 234 g/mol. The van der Waals surface area contributed by atoms with Crippen molar-refractivity contribution >= 4 is 11.8 Å². The first-order valence-corrected chi connectivity index (χ1v) is 5.47. The van der Waals surface area contributed by atoms with Gasteiger partial charge in [0.15, 0.2) is 0 Å². The van der Waals surface area contributed by atoms with E-state index in [-0.39, 0.29) is 18.9 Å². The Bertz CT molecular complexity index is 419. The molecule has 2 N–H and O–H groups in total. The van der Waals surface area contributed by atoms with E-state index < -0.39 is 11.9 Å². The highest BCUT2D eigenvalue weighted by molar-refractivity contribution is 5.98. The quantitative estimate of drug-likeness (QED) is 0.777. The van der Waals surface area contributed by atoms with Crippen molar-refractivity contribution in [1.29, 1.82) is 0 Å². The van der Waals surface area contributed by atoms with Gasteiger partial charge < -0.3 is 5.73 Å². The minimum absolute atomic E-state index is 0.186. The number of hydroxylamine groups is 2. The number of hydrogen-bond donors (Lipinski definition) is 1. The molecular weight excluding hydrogens is 220 g/mol. The number of rotatable bonds is 3. The summed E-state index contributed by atoms with van der Waals surface area (Å²) < 4.78 is 0. The van der Waals surface area contributed by atoms with Gasteiger partial charge in [-0.1, -0.05) is 30.3 Å². The largest absolute Gasteiger partial charge is 0.320 e. The van der Waals surface area contributed by atoms with Crippen LogP contribution in [0.25, 0.3) is 0 Å². The summed E-state index contributed by atoms with van der Waals surface area (Å²) in [5.74, 6) is -0.787. The maximum atomic E-state index is 11.6. The summed E-state index contributed by atoms with van der Waals surface area (Å²) in [6.07, 6.45) is 0.643. The highest BCUT2D eigenvalue weighted by Crippen LogP contribution is 2.13. The molecule has 0 aliphatic carbocycles. The van der Waals surface area contributed by atoms with Crippen LogP contribution in [0.2, 0.25) is 0 Å². The zero-order valence-electron chi connectivity index (χ0n) is 9.33. The number of nitrogens with two attached hydrogens (primary N) is 1. The van der Waals surface area contributed by atoms with Crippen LogP contribution >= 0.6 is 0 Å². The Morgan fingerprint density at radius 3 is 2.71 bits per heavy atom. The Kier molecular flexibility index (Phi) is 3.51. The third-order valence-electron chi connectivity index (χ3n) is 2.62. The fraction of sp³-hybridized carbons (Fsp3) is 0.333. The second-order valence-electron chi connectivity index (χ2n) is 3.93. The molecule has 0 spiro atoms. The zero-order chi connectivity index (χ0) is 12.3. The van der Waals surface area contributed by atoms with E-state index in [0.717, 1.165) is 10.6 Å². The van der Waals surface area contributed by atoms with Crippen LogP contribution in [0.1, 0.15) is 18.4 Å². The maximum absolute atomic E-state index is 11.6. The van der Waals surface area contributed by atoms with Gasteiger partial charge >= 0.3 is 0 Å². The fourth-order valence-electron chi connectivity index (χ4n) is 1.63. The first-order chi connectivity index (χ1) is 8.18. The van der Waals surface area contributed by atoms with Crippen molar-refractivity contribution in [3.63, 3.8) is 0 Å². The van der Waals surface area contributed by atoms with Gasteiger partial charge in [0.25, 0.3) is 11.8 Å². The number of hydrogen-bond acceptors (Lipinski definition) is 4. The molecule has 1 unspecified atom stereocenters. The Labute approximate surface area is 99.1 Å². The molecule has 17 heavy (non-hydrogen) atoms. The van der Waals surface area contributed by atoms with E-state index >= 15 is 0 Å². The zero-order valence-corrected chi connectivity index (χ0v) is 9.33. The Morgan fingerprint density at radius 1 is 1.29 bits per heavy atom. The normalized spacial score (nSPS) is 20.8. The molecule has 1 atom stereocenters. The lowest BCUT2D eigenvalue weighted by Crippen LogP contribution is -2.50. The highest BCUT2D eigenvalue weighted by atomic mass is 16.7. The summed E-state index contributed by atoms with van der Waals surface area (Å²) in [5.41, 5.74) is 6.47. The lowest BCUT2D eigenvalue weighted by atomic mass is 10.1. The lowest BCUT2D eigenvalue weighted by Gasteiger charge is -2.27. The Balaban J connectivity index is 1.98. The van der Waals surface area contributed by atoms with Crippen LogP contribution in [0, 0.1) is 0 Å². The van der Waals surface area contributed by atoms with E-state index in [0.29, 0.717) is 6.42 Å². The van der Waals surface area contributed by atoms with Gasteiger partial charge in [-0.3, -0.25) is 14.4 Å². The predicted octanol–water partition coefficient (Wildman–Crippen LogP) is 0.594. The summed E-state index contributed by atoms with van der Waals surface area (Å²) in [4.78, 5) is 28.3. The van der Waals surface area contributed by atoms with Crippen molar-refractivity contribution in [3.8, 4) is 0 Å². The van der Waals surface area contributed by atoms with Crippen LogP contribution in [0.15, 0.2) is 30.3 Å². The Hall–Kier alpha value is -1.72. The SMILES string of the molecule is NC1CCC(=O)N(OCc2ccccc2)C1=O. The average molecular weight is 234 g/mol. The van der Waals surface area contributed by atoms with E-state index in [4.69, 9.17) is 10.6 Å². The number of benzene rings is 1. The molecule has 1 aromatic carbocycles. The first-order valence-electron chi connectivity index (χ1n) is 5.47. The third-order valence-corrected chi connectivity index (χ3v) is 2.62. The second-order valence-corrected chi connectivity index (χ2v) is 3.93. The van der Waals surface area contributed by atoms with Gasteiger partial charge in [0.1, 0.15) is 6.61 Å². The number of carbonyl (C=O) groups is 2. The molecule has 0 bridgehead atoms. The van der Waals surface area contributed by atoms with Gasteiger partial charge in [0.05, 0.1) is 6.04 Å². The summed E-state index contributed by atoms with van der Waals surface area (Å²) in [6.45, 7) is 0.186. The standard InChI is InChI=1S/C12H14N2O3/c13-10-6-7-11(15)14(12(10)16)17-8-9-4-2-1-3-5-9/h1-5,10H,6-8,13H2. The summed E-state index contributed by atoms with van der Waals surface area (Å²) in [5, 5.41) is 0.793. The molecule has 2 rings (SSSR count). The molecule has 90 valence electrons.